The molecule has 292 valence electrons. The smallest absolute Gasteiger partial charge is 0.239 e. The average Bonchev–Trinajstić information content (AvgIpc) is 3.12. The van der Waals surface area contributed by atoms with Crippen LogP contribution < -0.4 is 10.2 Å². The van der Waals surface area contributed by atoms with Crippen molar-refractivity contribution >= 4 is 11.0 Å². The Bertz CT molecular complexity index is 1780. The molecule has 0 spiro atoms. The topological polar surface area (TPSA) is 328 Å². The zero-order valence-corrected chi connectivity index (χ0v) is 27.7. The lowest BCUT2D eigenvalue weighted by Crippen LogP contribution is -2.67. The van der Waals surface area contributed by atoms with Crippen molar-refractivity contribution in [3.63, 3.8) is 0 Å². The number of rotatable bonds is 9. The van der Waals surface area contributed by atoms with Crippen LogP contribution in [0, 0.1) is 0 Å². The molecule has 20 nitrogen and oxygen atoms in total. The summed E-state index contributed by atoms with van der Waals surface area (Å²) in [5, 5.41) is 124. The highest BCUT2D eigenvalue weighted by Crippen LogP contribution is 2.39. The molecule has 53 heavy (non-hydrogen) atoms. The fourth-order valence-electron chi connectivity index (χ4n) is 6.34. The van der Waals surface area contributed by atoms with Gasteiger partial charge in [0.1, 0.15) is 89.3 Å². The minimum atomic E-state index is -2.03. The minimum absolute atomic E-state index is 0.129. The van der Waals surface area contributed by atoms with Crippen LogP contribution in [-0.4, -0.2) is 167 Å². The zero-order valence-electron chi connectivity index (χ0n) is 27.7. The van der Waals surface area contributed by atoms with E-state index in [1.807, 2.05) is 0 Å². The quantitative estimate of drug-likeness (QED) is 0.100. The van der Waals surface area contributed by atoms with E-state index in [2.05, 4.69) is 0 Å². The van der Waals surface area contributed by atoms with Gasteiger partial charge in [0.05, 0.1) is 19.3 Å². The van der Waals surface area contributed by atoms with Gasteiger partial charge in [-0.05, 0) is 31.2 Å². The summed E-state index contributed by atoms with van der Waals surface area (Å²) in [7, 11) is 0. The summed E-state index contributed by atoms with van der Waals surface area (Å²) in [5.41, 5.74) is -1.18. The molecule has 1 aromatic heterocycles. The first-order valence-electron chi connectivity index (χ1n) is 16.4. The van der Waals surface area contributed by atoms with Crippen molar-refractivity contribution < 1.29 is 94.1 Å². The minimum Gasteiger partial charge on any atom is -0.508 e. The molecule has 0 saturated carbocycles. The van der Waals surface area contributed by atoms with Crippen molar-refractivity contribution in [2.75, 3.05) is 13.2 Å². The van der Waals surface area contributed by atoms with Crippen molar-refractivity contribution in [1.82, 2.24) is 0 Å². The molecule has 0 amide bonds. The first-order chi connectivity index (χ1) is 25.1. The van der Waals surface area contributed by atoms with Gasteiger partial charge < -0.3 is 94.1 Å². The largest absolute Gasteiger partial charge is 0.508 e. The van der Waals surface area contributed by atoms with Crippen LogP contribution >= 0.6 is 0 Å². The Labute approximate surface area is 298 Å². The summed E-state index contributed by atoms with van der Waals surface area (Å²) < 4.78 is 40.8. The van der Waals surface area contributed by atoms with E-state index in [0.717, 1.165) is 12.1 Å². The maximum Gasteiger partial charge on any atom is 0.239 e. The fourth-order valence-corrected chi connectivity index (χ4v) is 6.34. The lowest BCUT2D eigenvalue weighted by Gasteiger charge is -2.48. The molecule has 20 heteroatoms. The van der Waals surface area contributed by atoms with Crippen LogP contribution in [-0.2, 0) is 23.7 Å². The van der Waals surface area contributed by atoms with Gasteiger partial charge in [-0.2, -0.15) is 0 Å². The van der Waals surface area contributed by atoms with Crippen LogP contribution in [0.4, 0.5) is 0 Å². The third kappa shape index (κ3) is 7.39. The van der Waals surface area contributed by atoms with Crippen LogP contribution in [0.15, 0.2) is 45.6 Å². The average molecular weight is 757 g/mol. The van der Waals surface area contributed by atoms with Crippen LogP contribution in [0.25, 0.3) is 22.3 Å². The van der Waals surface area contributed by atoms with Gasteiger partial charge in [0.2, 0.25) is 17.5 Å². The Morgan fingerprint density at radius 2 is 1.19 bits per heavy atom. The van der Waals surface area contributed by atoms with Gasteiger partial charge in [0.25, 0.3) is 0 Å². The third-order valence-corrected chi connectivity index (χ3v) is 9.32. The molecule has 6 rings (SSSR count). The number of aliphatic hydroxyl groups excluding tert-OH is 9. The van der Waals surface area contributed by atoms with Gasteiger partial charge in [0, 0.05) is 17.7 Å². The number of phenolic OH excluding ortho intramolecular Hbond substituents is 3. The summed E-state index contributed by atoms with van der Waals surface area (Å²) in [6.45, 7) is -0.354. The third-order valence-electron chi connectivity index (χ3n) is 9.32. The standard InChI is InChI=1S/C33H40O20/c1-10-19(39)28(51-31-25(45)23(43)20(40)16(8-34)49-31)30(53-32-26(46)24(44)21(41)17(9-35)50-32)33(47-10)52-29-22(42)18-14(38)6-13(37)7-15(18)48-27(29)11-2-4-12(36)5-3-11/h2-7,10,16-17,19-21,23-26,28,30-41,43-46H,8-9H2,1H3/t10?,16?,17?,19-,20+,21+,23-,24-,25?,26?,28?,30-,31-,32-,33-/m0/s1. The first kappa shape index (κ1) is 39.0. The summed E-state index contributed by atoms with van der Waals surface area (Å²) in [5.74, 6) is -2.31. The van der Waals surface area contributed by atoms with E-state index in [4.69, 9.17) is 32.8 Å². The van der Waals surface area contributed by atoms with Crippen molar-refractivity contribution in [2.24, 2.45) is 0 Å². The molecule has 4 heterocycles. The van der Waals surface area contributed by atoms with Crippen LogP contribution in [0.3, 0.4) is 0 Å². The zero-order chi connectivity index (χ0) is 38.5. The highest BCUT2D eigenvalue weighted by atomic mass is 16.8. The number of aliphatic hydroxyl groups is 9. The van der Waals surface area contributed by atoms with Crippen molar-refractivity contribution in [3.8, 4) is 34.3 Å². The lowest BCUT2D eigenvalue weighted by molar-refractivity contribution is -0.382. The van der Waals surface area contributed by atoms with Crippen molar-refractivity contribution in [1.29, 1.82) is 0 Å². The Hall–Kier alpha value is -3.71. The maximum absolute atomic E-state index is 14.1. The van der Waals surface area contributed by atoms with Crippen LogP contribution in [0.2, 0.25) is 0 Å². The number of phenols is 3. The molecule has 6 unspecified atom stereocenters. The van der Waals surface area contributed by atoms with E-state index in [9.17, 15) is 66.1 Å². The summed E-state index contributed by atoms with van der Waals surface area (Å²) in [6.07, 6.45) is -26.9. The van der Waals surface area contributed by atoms with Gasteiger partial charge in [0.15, 0.2) is 24.4 Å². The number of fused-ring (bicyclic) bond motifs is 1. The Morgan fingerprint density at radius 3 is 1.74 bits per heavy atom. The first-order valence-corrected chi connectivity index (χ1v) is 16.4. The van der Waals surface area contributed by atoms with Gasteiger partial charge >= 0.3 is 0 Å². The van der Waals surface area contributed by atoms with Crippen LogP contribution in [0.5, 0.6) is 23.0 Å². The predicted molar refractivity (Wildman–Crippen MR) is 171 cm³/mol. The molecule has 12 N–H and O–H groups in total. The Morgan fingerprint density at radius 1 is 0.642 bits per heavy atom. The molecule has 15 atom stereocenters. The molecule has 3 saturated heterocycles. The van der Waals surface area contributed by atoms with E-state index in [-0.39, 0.29) is 22.7 Å². The molecule has 0 aliphatic carbocycles. The second kappa shape index (κ2) is 15.6. The van der Waals surface area contributed by atoms with Gasteiger partial charge in [-0.1, -0.05) is 0 Å². The van der Waals surface area contributed by atoms with E-state index >= 15 is 0 Å². The molecular formula is C33H40O20. The SMILES string of the molecule is CC1O[C@@H](Oc2c(-c3ccc(O)cc3)oc3cc(O)cc(O)c3c2=O)[C@@H](O[C@@H]2OC(CO)[C@@H](O)[C@H](O)C2O)C(O[C@@H]2OC(CO)[C@@H](O)[C@H](O)C2O)[C@H]1O. The molecule has 3 aliphatic heterocycles. The predicted octanol–water partition coefficient (Wildman–Crippen LogP) is -3.57. The second-order valence-corrected chi connectivity index (χ2v) is 12.9. The number of hydrogen-bond donors (Lipinski definition) is 12. The van der Waals surface area contributed by atoms with E-state index < -0.39 is 133 Å². The number of aromatic hydroxyl groups is 3. The molecule has 2 aromatic carbocycles. The number of ether oxygens (including phenoxy) is 6. The van der Waals surface area contributed by atoms with Gasteiger partial charge in [-0.3, -0.25) is 4.79 Å². The number of benzene rings is 2. The summed E-state index contributed by atoms with van der Waals surface area (Å²) >= 11 is 0. The molecule has 3 aliphatic rings. The highest BCUT2D eigenvalue weighted by molar-refractivity contribution is 5.88. The second-order valence-electron chi connectivity index (χ2n) is 12.9. The molecule has 0 radical (unpaired) electrons. The summed E-state index contributed by atoms with van der Waals surface area (Å²) in [6, 6.07) is 7.12. The lowest BCUT2D eigenvalue weighted by atomic mass is 9.96. The van der Waals surface area contributed by atoms with Crippen LogP contribution in [0.1, 0.15) is 6.92 Å². The Balaban J connectivity index is 1.46. The maximum atomic E-state index is 14.1. The monoisotopic (exact) mass is 756 g/mol. The highest BCUT2D eigenvalue weighted by Gasteiger charge is 2.54. The van der Waals surface area contributed by atoms with Crippen molar-refractivity contribution in [2.45, 2.75) is 99.0 Å². The van der Waals surface area contributed by atoms with Crippen molar-refractivity contribution in [3.05, 3.63) is 46.6 Å². The molecule has 3 aromatic rings. The van der Waals surface area contributed by atoms with E-state index in [1.54, 1.807) is 0 Å². The Kier molecular flexibility index (Phi) is 11.5. The number of hydrogen-bond acceptors (Lipinski definition) is 20. The fraction of sp³-hybridized carbons (Fsp3) is 0.545. The normalized spacial score (nSPS) is 37.8. The summed E-state index contributed by atoms with van der Waals surface area (Å²) in [4.78, 5) is 14.1. The molecule has 0 bridgehead atoms. The van der Waals surface area contributed by atoms with Gasteiger partial charge in [-0.25, -0.2) is 0 Å². The van der Waals surface area contributed by atoms with E-state index in [1.165, 1.54) is 31.2 Å². The molecular weight excluding hydrogens is 716 g/mol. The van der Waals surface area contributed by atoms with E-state index in [0.29, 0.717) is 0 Å². The molecule has 3 fully saturated rings. The van der Waals surface area contributed by atoms with Gasteiger partial charge in [-0.15, -0.1) is 0 Å².